The zero-order chi connectivity index (χ0) is 25.1. The summed E-state index contributed by atoms with van der Waals surface area (Å²) in [6, 6.07) is 11.8. The lowest BCUT2D eigenvalue weighted by Gasteiger charge is -2.30. The number of morpholine rings is 1. The second-order valence-corrected chi connectivity index (χ2v) is 12.5. The van der Waals surface area contributed by atoms with Crippen molar-refractivity contribution in [2.75, 3.05) is 44.7 Å². The highest BCUT2D eigenvalue weighted by Crippen LogP contribution is 2.25. The average molecular weight is 526 g/mol. The Kier molecular flexibility index (Phi) is 7.86. The molecule has 2 saturated heterocycles. The number of nitrogens with zero attached hydrogens (tertiary/aromatic N) is 2. The van der Waals surface area contributed by atoms with Crippen LogP contribution in [0.4, 0.5) is 10.1 Å². The SMILES string of the molecule is O=C(Nc1ccc(S(=O)(=O)N2CCOCC2)cc1)C1CCN(S(=O)(=O)Cc2ccccc2F)CC1. The van der Waals surface area contributed by atoms with Crippen LogP contribution in [0, 0.1) is 11.7 Å². The van der Waals surface area contributed by atoms with Gasteiger partial charge in [-0.1, -0.05) is 18.2 Å². The number of piperidine rings is 1. The minimum Gasteiger partial charge on any atom is -0.379 e. The molecule has 9 nitrogen and oxygen atoms in total. The number of carbonyl (C=O) groups excluding carboxylic acids is 1. The number of benzene rings is 2. The molecule has 2 heterocycles. The number of anilines is 1. The van der Waals surface area contributed by atoms with E-state index in [4.69, 9.17) is 4.74 Å². The lowest BCUT2D eigenvalue weighted by atomic mass is 9.97. The molecule has 190 valence electrons. The molecule has 2 fully saturated rings. The van der Waals surface area contributed by atoms with Crippen LogP contribution in [0.5, 0.6) is 0 Å². The lowest BCUT2D eigenvalue weighted by molar-refractivity contribution is -0.120. The Morgan fingerprint density at radius 3 is 2.17 bits per heavy atom. The van der Waals surface area contributed by atoms with E-state index in [1.807, 2.05) is 0 Å². The Hall–Kier alpha value is -2.38. The van der Waals surface area contributed by atoms with E-state index in [1.54, 1.807) is 18.2 Å². The molecule has 0 unspecified atom stereocenters. The van der Waals surface area contributed by atoms with Crippen LogP contribution in [0.2, 0.25) is 0 Å². The monoisotopic (exact) mass is 525 g/mol. The number of nitrogens with one attached hydrogen (secondary N) is 1. The topological polar surface area (TPSA) is 113 Å². The van der Waals surface area contributed by atoms with Crippen molar-refractivity contribution < 1.29 is 30.8 Å². The number of halogens is 1. The third kappa shape index (κ3) is 6.07. The quantitative estimate of drug-likeness (QED) is 0.592. The van der Waals surface area contributed by atoms with Crippen LogP contribution >= 0.6 is 0 Å². The van der Waals surface area contributed by atoms with Gasteiger partial charge >= 0.3 is 0 Å². The zero-order valence-corrected chi connectivity index (χ0v) is 20.7. The van der Waals surface area contributed by atoms with Crippen molar-refractivity contribution in [2.45, 2.75) is 23.5 Å². The van der Waals surface area contributed by atoms with Crippen LogP contribution in [0.15, 0.2) is 53.4 Å². The number of rotatable bonds is 7. The van der Waals surface area contributed by atoms with E-state index in [9.17, 15) is 26.0 Å². The molecule has 2 aliphatic rings. The summed E-state index contributed by atoms with van der Waals surface area (Å²) in [5.41, 5.74) is 0.581. The van der Waals surface area contributed by atoms with Gasteiger partial charge in [-0.3, -0.25) is 4.79 Å². The molecule has 0 aliphatic carbocycles. The molecule has 0 radical (unpaired) electrons. The predicted molar refractivity (Wildman–Crippen MR) is 128 cm³/mol. The predicted octanol–water partition coefficient (Wildman–Crippen LogP) is 2.03. The van der Waals surface area contributed by atoms with E-state index in [0.717, 1.165) is 0 Å². The summed E-state index contributed by atoms with van der Waals surface area (Å²) in [4.78, 5) is 12.9. The molecular weight excluding hydrogens is 497 g/mol. The van der Waals surface area contributed by atoms with Gasteiger partial charge in [0.15, 0.2) is 0 Å². The zero-order valence-electron chi connectivity index (χ0n) is 19.1. The fourth-order valence-electron chi connectivity index (χ4n) is 4.19. The summed E-state index contributed by atoms with van der Waals surface area (Å²) in [6.07, 6.45) is 0.678. The summed E-state index contributed by atoms with van der Waals surface area (Å²) in [7, 11) is -7.32. The molecule has 1 N–H and O–H groups in total. The average Bonchev–Trinajstić information content (AvgIpc) is 2.86. The molecule has 0 bridgehead atoms. The van der Waals surface area contributed by atoms with Crippen molar-refractivity contribution in [1.82, 2.24) is 8.61 Å². The highest BCUT2D eigenvalue weighted by Gasteiger charge is 2.32. The highest BCUT2D eigenvalue weighted by atomic mass is 32.2. The van der Waals surface area contributed by atoms with E-state index < -0.39 is 31.6 Å². The molecule has 4 rings (SSSR count). The Bertz CT molecular complexity index is 1250. The van der Waals surface area contributed by atoms with Crippen molar-refractivity contribution >= 4 is 31.6 Å². The minimum atomic E-state index is -3.70. The molecule has 0 saturated carbocycles. The summed E-state index contributed by atoms with van der Waals surface area (Å²) >= 11 is 0. The van der Waals surface area contributed by atoms with Crippen molar-refractivity contribution in [2.24, 2.45) is 5.92 Å². The maximum absolute atomic E-state index is 13.9. The molecule has 35 heavy (non-hydrogen) atoms. The van der Waals surface area contributed by atoms with E-state index in [1.165, 1.54) is 38.9 Å². The van der Waals surface area contributed by atoms with E-state index in [0.29, 0.717) is 44.8 Å². The van der Waals surface area contributed by atoms with Gasteiger partial charge in [0.05, 0.1) is 23.9 Å². The first kappa shape index (κ1) is 25.7. The van der Waals surface area contributed by atoms with Crippen molar-refractivity contribution in [3.8, 4) is 0 Å². The van der Waals surface area contributed by atoms with Crippen LogP contribution in [-0.2, 0) is 35.3 Å². The van der Waals surface area contributed by atoms with Gasteiger partial charge in [-0.2, -0.15) is 4.31 Å². The Labute approximate surface area is 205 Å². The fourth-order valence-corrected chi connectivity index (χ4v) is 7.17. The summed E-state index contributed by atoms with van der Waals surface area (Å²) in [5, 5.41) is 2.79. The number of hydrogen-bond acceptors (Lipinski definition) is 6. The Morgan fingerprint density at radius 1 is 0.914 bits per heavy atom. The Morgan fingerprint density at radius 2 is 1.54 bits per heavy atom. The Balaban J connectivity index is 1.31. The molecular formula is C23H28FN3O6S2. The molecule has 1 amide bonds. The number of carbonyl (C=O) groups is 1. The van der Waals surface area contributed by atoms with Gasteiger partial charge in [0.1, 0.15) is 5.82 Å². The third-order valence-corrected chi connectivity index (χ3v) is 9.98. The first-order valence-electron chi connectivity index (χ1n) is 11.4. The second kappa shape index (κ2) is 10.7. The summed E-state index contributed by atoms with van der Waals surface area (Å²) < 4.78 is 72.6. The molecule has 0 atom stereocenters. The first-order valence-corrected chi connectivity index (χ1v) is 14.4. The van der Waals surface area contributed by atoms with Crippen LogP contribution in [0.3, 0.4) is 0 Å². The van der Waals surface area contributed by atoms with Gasteiger partial charge in [0, 0.05) is 43.3 Å². The summed E-state index contributed by atoms with van der Waals surface area (Å²) in [5.74, 6) is -1.61. The van der Waals surface area contributed by atoms with Gasteiger partial charge in [0.2, 0.25) is 26.0 Å². The van der Waals surface area contributed by atoms with Gasteiger partial charge in [-0.15, -0.1) is 0 Å². The van der Waals surface area contributed by atoms with Gasteiger partial charge in [0.25, 0.3) is 0 Å². The minimum absolute atomic E-state index is 0.117. The van der Waals surface area contributed by atoms with Gasteiger partial charge in [-0.05, 0) is 43.2 Å². The van der Waals surface area contributed by atoms with Crippen molar-refractivity contribution in [3.05, 3.63) is 59.9 Å². The molecule has 12 heteroatoms. The normalized spacial score (nSPS) is 18.9. The third-order valence-electron chi connectivity index (χ3n) is 6.24. The van der Waals surface area contributed by atoms with Crippen LogP contribution in [-0.4, -0.2) is 70.7 Å². The van der Waals surface area contributed by atoms with Crippen LogP contribution in [0.1, 0.15) is 18.4 Å². The molecule has 2 aromatic carbocycles. The number of amides is 1. The maximum Gasteiger partial charge on any atom is 0.243 e. The van der Waals surface area contributed by atoms with Crippen LogP contribution in [0.25, 0.3) is 0 Å². The number of hydrogen-bond donors (Lipinski definition) is 1. The molecule has 2 aromatic rings. The van der Waals surface area contributed by atoms with Crippen LogP contribution < -0.4 is 5.32 Å². The smallest absolute Gasteiger partial charge is 0.243 e. The van der Waals surface area contributed by atoms with E-state index in [2.05, 4.69) is 5.32 Å². The van der Waals surface area contributed by atoms with E-state index >= 15 is 0 Å². The fraction of sp³-hybridized carbons (Fsp3) is 0.435. The molecule has 0 aromatic heterocycles. The van der Waals surface area contributed by atoms with Crippen molar-refractivity contribution in [3.63, 3.8) is 0 Å². The summed E-state index contributed by atoms with van der Waals surface area (Å²) in [6.45, 7) is 1.66. The number of sulfonamides is 2. The largest absolute Gasteiger partial charge is 0.379 e. The number of ether oxygens (including phenoxy) is 1. The first-order chi connectivity index (χ1) is 16.7. The second-order valence-electron chi connectivity index (χ2n) is 8.55. The van der Waals surface area contributed by atoms with Gasteiger partial charge in [-0.25, -0.2) is 25.5 Å². The molecule has 2 aliphatic heterocycles. The molecule has 0 spiro atoms. The van der Waals surface area contributed by atoms with Gasteiger partial charge < -0.3 is 10.1 Å². The standard InChI is InChI=1S/C23H28FN3O6S2/c24-22-4-2-1-3-19(22)17-34(29,30)26-11-9-18(10-12-26)23(28)25-20-5-7-21(8-6-20)35(31,32)27-13-15-33-16-14-27/h1-8,18H,9-17H2,(H,25,28). The van der Waals surface area contributed by atoms with Crippen molar-refractivity contribution in [1.29, 1.82) is 0 Å². The lowest BCUT2D eigenvalue weighted by Crippen LogP contribution is -2.42. The maximum atomic E-state index is 13.9. The van der Waals surface area contributed by atoms with E-state index in [-0.39, 0.29) is 35.4 Å². The highest BCUT2D eigenvalue weighted by molar-refractivity contribution is 7.89.